The van der Waals surface area contributed by atoms with Crippen LogP contribution in [0.3, 0.4) is 0 Å². The number of morpholine rings is 1. The first-order chi connectivity index (χ1) is 13.7. The smallest absolute Gasteiger partial charge is 0.253 e. The Morgan fingerprint density at radius 1 is 1.00 bits per heavy atom. The second kappa shape index (κ2) is 8.56. The van der Waals surface area contributed by atoms with Crippen molar-refractivity contribution >= 4 is 17.4 Å². The van der Waals surface area contributed by atoms with Crippen LogP contribution >= 0.6 is 0 Å². The number of aryl methyl sites for hydroxylation is 1. The van der Waals surface area contributed by atoms with Gasteiger partial charge in [0.25, 0.3) is 5.91 Å². The summed E-state index contributed by atoms with van der Waals surface area (Å²) in [5, 5.41) is 8.48. The summed E-state index contributed by atoms with van der Waals surface area (Å²) in [6.07, 6.45) is 2.80. The number of amides is 1. The molecule has 1 amide bonds. The van der Waals surface area contributed by atoms with Gasteiger partial charge in [-0.2, -0.15) is 5.10 Å². The van der Waals surface area contributed by atoms with Crippen LogP contribution < -0.4 is 9.80 Å². The third-order valence-electron chi connectivity index (χ3n) is 5.50. The van der Waals surface area contributed by atoms with Crippen LogP contribution in [0, 0.1) is 0 Å². The Hall–Kier alpha value is -2.67. The van der Waals surface area contributed by atoms with Crippen molar-refractivity contribution in [3.05, 3.63) is 47.7 Å². The van der Waals surface area contributed by atoms with Crippen LogP contribution in [-0.2, 0) is 11.2 Å². The van der Waals surface area contributed by atoms with Gasteiger partial charge in [0.1, 0.15) is 0 Å². The summed E-state index contributed by atoms with van der Waals surface area (Å²) in [4.78, 5) is 19.2. The average Bonchev–Trinajstić information content (AvgIpc) is 2.79. The Balaban J connectivity index is 1.37. The lowest BCUT2D eigenvalue weighted by molar-refractivity contribution is 0.0746. The number of anilines is 2. The normalized spacial score (nSPS) is 17.7. The molecule has 7 nitrogen and oxygen atoms in total. The number of hydrogen-bond donors (Lipinski definition) is 0. The highest BCUT2D eigenvalue weighted by atomic mass is 16.5. The summed E-state index contributed by atoms with van der Waals surface area (Å²) in [6.45, 7) is 8.29. The molecule has 28 heavy (non-hydrogen) atoms. The van der Waals surface area contributed by atoms with Gasteiger partial charge in [0, 0.05) is 50.9 Å². The molecule has 2 saturated heterocycles. The van der Waals surface area contributed by atoms with Crippen LogP contribution in [0.2, 0.25) is 0 Å². The molecule has 2 aliphatic heterocycles. The van der Waals surface area contributed by atoms with E-state index in [1.54, 1.807) is 0 Å². The van der Waals surface area contributed by atoms with Crippen LogP contribution in [0.25, 0.3) is 0 Å². The number of rotatable bonds is 4. The molecule has 0 saturated carbocycles. The lowest BCUT2D eigenvalue weighted by atomic mass is 10.1. The van der Waals surface area contributed by atoms with Crippen LogP contribution in [0.4, 0.5) is 11.5 Å². The number of piperazine rings is 1. The predicted molar refractivity (Wildman–Crippen MR) is 109 cm³/mol. The maximum Gasteiger partial charge on any atom is 0.253 e. The molecule has 0 bridgehead atoms. The van der Waals surface area contributed by atoms with Crippen molar-refractivity contribution in [2.45, 2.75) is 13.3 Å². The molecular formula is C21H27N5O2. The van der Waals surface area contributed by atoms with Crippen molar-refractivity contribution in [1.29, 1.82) is 0 Å². The highest BCUT2D eigenvalue weighted by Crippen LogP contribution is 2.21. The first-order valence-corrected chi connectivity index (χ1v) is 10.0. The van der Waals surface area contributed by atoms with Crippen molar-refractivity contribution in [3.63, 3.8) is 0 Å². The molecule has 0 spiro atoms. The molecule has 4 rings (SSSR count). The summed E-state index contributed by atoms with van der Waals surface area (Å²) in [5.74, 6) is 1.01. The molecule has 1 aromatic carbocycles. The first-order valence-electron chi connectivity index (χ1n) is 10.0. The van der Waals surface area contributed by atoms with Crippen molar-refractivity contribution < 1.29 is 9.53 Å². The maximum atomic E-state index is 12.8. The third-order valence-corrected chi connectivity index (χ3v) is 5.50. The fourth-order valence-corrected chi connectivity index (χ4v) is 3.70. The zero-order valence-electron chi connectivity index (χ0n) is 16.4. The van der Waals surface area contributed by atoms with Crippen molar-refractivity contribution in [3.8, 4) is 0 Å². The summed E-state index contributed by atoms with van der Waals surface area (Å²) in [7, 11) is 0. The van der Waals surface area contributed by atoms with E-state index in [0.717, 1.165) is 62.9 Å². The first kappa shape index (κ1) is 18.7. The Kier molecular flexibility index (Phi) is 5.71. The van der Waals surface area contributed by atoms with Gasteiger partial charge in [-0.3, -0.25) is 4.79 Å². The van der Waals surface area contributed by atoms with Gasteiger partial charge < -0.3 is 19.4 Å². The van der Waals surface area contributed by atoms with E-state index in [0.29, 0.717) is 13.1 Å². The molecule has 7 heteroatoms. The monoisotopic (exact) mass is 381 g/mol. The summed E-state index contributed by atoms with van der Waals surface area (Å²) >= 11 is 0. The lowest BCUT2D eigenvalue weighted by Crippen LogP contribution is -2.49. The van der Waals surface area contributed by atoms with Gasteiger partial charge in [0.05, 0.1) is 25.1 Å². The minimum Gasteiger partial charge on any atom is -0.378 e. The van der Waals surface area contributed by atoms with Crippen LogP contribution in [0.5, 0.6) is 0 Å². The van der Waals surface area contributed by atoms with E-state index in [1.165, 1.54) is 5.56 Å². The molecule has 2 fully saturated rings. The van der Waals surface area contributed by atoms with Crippen molar-refractivity contribution in [2.75, 3.05) is 62.3 Å². The number of ether oxygens (including phenoxy) is 1. The Bertz CT molecular complexity index is 797. The van der Waals surface area contributed by atoms with Gasteiger partial charge in [-0.25, -0.2) is 0 Å². The molecule has 2 aliphatic rings. The quantitative estimate of drug-likeness (QED) is 0.805. The molecule has 3 heterocycles. The molecule has 0 aliphatic carbocycles. The highest BCUT2D eigenvalue weighted by molar-refractivity contribution is 5.94. The van der Waals surface area contributed by atoms with E-state index in [-0.39, 0.29) is 5.91 Å². The summed E-state index contributed by atoms with van der Waals surface area (Å²) in [5.41, 5.74) is 3.09. The SMILES string of the molecule is CCc1ccc(C(=O)N2CCN(c3cnnc(N4CCOCC4)c3)CC2)cc1. The Labute approximate surface area is 165 Å². The van der Waals surface area contributed by atoms with E-state index in [9.17, 15) is 4.79 Å². The number of benzene rings is 1. The molecule has 2 aromatic rings. The lowest BCUT2D eigenvalue weighted by Gasteiger charge is -2.36. The number of nitrogens with zero attached hydrogens (tertiary/aromatic N) is 5. The predicted octanol–water partition coefficient (Wildman–Crippen LogP) is 1.84. The van der Waals surface area contributed by atoms with Gasteiger partial charge >= 0.3 is 0 Å². The van der Waals surface area contributed by atoms with Crippen molar-refractivity contribution in [2.24, 2.45) is 0 Å². The van der Waals surface area contributed by atoms with Gasteiger partial charge in [-0.05, 0) is 24.1 Å². The van der Waals surface area contributed by atoms with Crippen molar-refractivity contribution in [1.82, 2.24) is 15.1 Å². The van der Waals surface area contributed by atoms with Gasteiger partial charge in [-0.15, -0.1) is 5.10 Å². The third kappa shape index (κ3) is 4.09. The Morgan fingerprint density at radius 2 is 1.71 bits per heavy atom. The summed E-state index contributed by atoms with van der Waals surface area (Å²) < 4.78 is 5.41. The summed E-state index contributed by atoms with van der Waals surface area (Å²) in [6, 6.07) is 10.1. The molecule has 0 unspecified atom stereocenters. The maximum absolute atomic E-state index is 12.8. The molecule has 0 atom stereocenters. The van der Waals surface area contributed by atoms with E-state index < -0.39 is 0 Å². The van der Waals surface area contributed by atoms with Gasteiger partial charge in [0.2, 0.25) is 0 Å². The van der Waals surface area contributed by atoms with E-state index >= 15 is 0 Å². The second-order valence-corrected chi connectivity index (χ2v) is 7.20. The molecule has 0 N–H and O–H groups in total. The second-order valence-electron chi connectivity index (χ2n) is 7.20. The largest absolute Gasteiger partial charge is 0.378 e. The van der Waals surface area contributed by atoms with Gasteiger partial charge in [-0.1, -0.05) is 19.1 Å². The highest BCUT2D eigenvalue weighted by Gasteiger charge is 2.23. The Morgan fingerprint density at radius 3 is 2.39 bits per heavy atom. The zero-order valence-corrected chi connectivity index (χ0v) is 16.4. The fourth-order valence-electron chi connectivity index (χ4n) is 3.70. The zero-order chi connectivity index (χ0) is 19.3. The average molecular weight is 381 g/mol. The molecule has 1 aromatic heterocycles. The standard InChI is InChI=1S/C21H27N5O2/c1-2-17-3-5-18(6-4-17)21(27)26-9-7-24(8-10-26)19-15-20(23-22-16-19)25-11-13-28-14-12-25/h3-6,15-16H,2,7-14H2,1H3. The topological polar surface area (TPSA) is 61.8 Å². The number of carbonyl (C=O) groups excluding carboxylic acids is 1. The van der Waals surface area contributed by atoms with Crippen LogP contribution in [-0.4, -0.2) is 73.5 Å². The van der Waals surface area contributed by atoms with Gasteiger partial charge in [0.15, 0.2) is 5.82 Å². The molecule has 148 valence electrons. The van der Waals surface area contributed by atoms with E-state index in [1.807, 2.05) is 35.4 Å². The molecular weight excluding hydrogens is 354 g/mol. The van der Waals surface area contributed by atoms with Crippen LogP contribution in [0.1, 0.15) is 22.8 Å². The van der Waals surface area contributed by atoms with E-state index in [4.69, 9.17) is 4.74 Å². The number of hydrogen-bond acceptors (Lipinski definition) is 6. The molecule has 0 radical (unpaired) electrons. The fraction of sp³-hybridized carbons (Fsp3) is 0.476. The number of aromatic nitrogens is 2. The number of carbonyl (C=O) groups is 1. The van der Waals surface area contributed by atoms with E-state index in [2.05, 4.69) is 33.0 Å². The van der Waals surface area contributed by atoms with Crippen LogP contribution in [0.15, 0.2) is 36.5 Å². The minimum atomic E-state index is 0.115. The minimum absolute atomic E-state index is 0.115.